The van der Waals surface area contributed by atoms with Gasteiger partial charge in [-0.15, -0.1) is 0 Å². The Hall–Kier alpha value is -12.3. The Bertz CT molecular complexity index is 5480. The third kappa shape index (κ3) is 12.4. The molecule has 35 nitrogen and oxygen atoms in total. The predicted octanol–water partition coefficient (Wildman–Crippen LogP) is 2.24. The van der Waals surface area contributed by atoms with Crippen molar-refractivity contribution < 1.29 is 41.6 Å². The van der Waals surface area contributed by atoms with Gasteiger partial charge in [0, 0.05) is 46.4 Å². The van der Waals surface area contributed by atoms with E-state index in [-0.39, 0.29) is 104 Å². The van der Waals surface area contributed by atoms with E-state index in [1.807, 2.05) is 0 Å². The Balaban J connectivity index is 0.000000128. The summed E-state index contributed by atoms with van der Waals surface area (Å²) in [5.74, 6) is -2.05. The highest BCUT2D eigenvalue weighted by molar-refractivity contribution is 6.42. The van der Waals surface area contributed by atoms with Crippen LogP contribution in [0.2, 0.25) is 10.0 Å². The molecule has 1 atom stereocenters. The number of nitrogens with one attached hydrogen (secondary N) is 2. The number of aryl methyl sites for hydroxylation is 4. The van der Waals surface area contributed by atoms with Crippen LogP contribution in [0, 0.1) is 5.82 Å². The number of rotatable bonds is 12. The molecule has 0 aliphatic carbocycles. The first-order valence-corrected chi connectivity index (χ1v) is 27.2. The fourth-order valence-corrected chi connectivity index (χ4v) is 9.28. The van der Waals surface area contributed by atoms with Crippen LogP contribution in [0.4, 0.5) is 16.4 Å². The molecule has 468 valence electrons. The quantitative estimate of drug-likeness (QED) is 0.136. The lowest BCUT2D eigenvalue weighted by atomic mass is 10.2. The molecule has 38 heteroatoms. The fourth-order valence-electron chi connectivity index (χ4n) is 8.97. The molecule has 0 saturated heterocycles. The van der Waals surface area contributed by atoms with Gasteiger partial charge >= 0.3 is 12.0 Å². The molecule has 6 N–H and O–H groups in total. The first kappa shape index (κ1) is 61.3. The molecule has 0 fully saturated rings. The van der Waals surface area contributed by atoms with E-state index in [4.69, 9.17) is 52.7 Å². The van der Waals surface area contributed by atoms with Gasteiger partial charge in [0.05, 0.1) is 67.8 Å². The number of aromatic nitrogens is 19. The van der Waals surface area contributed by atoms with Crippen molar-refractivity contribution in [1.82, 2.24) is 91.4 Å². The normalized spacial score (nSPS) is 11.6. The Kier molecular flexibility index (Phi) is 16.7. The van der Waals surface area contributed by atoms with Crippen molar-refractivity contribution in [3.05, 3.63) is 162 Å². The van der Waals surface area contributed by atoms with E-state index in [2.05, 4.69) is 65.5 Å². The number of amides is 4. The molecule has 3 aromatic carbocycles. The predicted molar refractivity (Wildman–Crippen MR) is 323 cm³/mol. The van der Waals surface area contributed by atoms with Gasteiger partial charge in [-0.3, -0.25) is 49.0 Å². The summed E-state index contributed by atoms with van der Waals surface area (Å²) in [5.41, 5.74) is 13.7. The van der Waals surface area contributed by atoms with Crippen molar-refractivity contribution in [3.63, 3.8) is 0 Å². The van der Waals surface area contributed by atoms with Crippen LogP contribution in [0.3, 0.4) is 0 Å². The maximum Gasteiger partial charge on any atom is 0.302 e. The highest BCUT2D eigenvalue weighted by Gasteiger charge is 2.30. The number of hydrogen-bond acceptors (Lipinski definition) is 23. The van der Waals surface area contributed by atoms with Gasteiger partial charge in [0.15, 0.2) is 67.4 Å². The molecule has 11 aromatic heterocycles. The first-order chi connectivity index (χ1) is 44.0. The van der Waals surface area contributed by atoms with E-state index in [1.54, 1.807) is 46.5 Å². The molecule has 14 aromatic rings. The van der Waals surface area contributed by atoms with Crippen LogP contribution in [0.25, 0.3) is 78.0 Å². The van der Waals surface area contributed by atoms with Crippen LogP contribution in [0.1, 0.15) is 11.9 Å². The molecule has 0 bridgehead atoms. The van der Waals surface area contributed by atoms with Crippen molar-refractivity contribution >= 4 is 137 Å². The van der Waals surface area contributed by atoms with Crippen molar-refractivity contribution in [2.75, 3.05) is 17.7 Å². The molecular weight excluding hydrogens is 1250 g/mol. The Morgan fingerprint density at radius 1 is 0.522 bits per heavy atom. The van der Waals surface area contributed by atoms with E-state index in [0.717, 1.165) is 0 Å². The number of imidazole rings is 4. The largest absolute Gasteiger partial charge is 0.497 e. The highest BCUT2D eigenvalue weighted by Crippen LogP contribution is 2.31. The van der Waals surface area contributed by atoms with Gasteiger partial charge in [0.1, 0.15) is 47.8 Å². The van der Waals surface area contributed by atoms with Gasteiger partial charge < -0.3 is 66.0 Å². The minimum atomic E-state index is -1.19. The summed E-state index contributed by atoms with van der Waals surface area (Å²) in [7, 11) is 7.81. The molecule has 0 aliphatic heterocycles. The smallest absolute Gasteiger partial charge is 0.302 e. The lowest BCUT2D eigenvalue weighted by Gasteiger charge is -2.12. The van der Waals surface area contributed by atoms with Crippen molar-refractivity contribution in [1.29, 1.82) is 0 Å². The SMILES string of the molecule is COc1ccc2nc(NC(=O)Cn3cnc4ncn(C)c(=O)c43)oc2c1.Cn1cnc2ncn(C(C(N)=O)c3nc4cc(Cl)c(Cl)cc4o3)c2c1=O.Cn1cnc2ncn(CC(=O)Nc3nc4ccc(F)cc4o3)c2c1=O.Cn1cnc2ncn(CC(N)=O)c2c1=O. The fraction of sp³-hybridized carbons (Fsp3) is 0.167. The minimum Gasteiger partial charge on any atom is -0.497 e. The zero-order valence-electron chi connectivity index (χ0n) is 48.1. The molecule has 0 spiro atoms. The minimum absolute atomic E-state index is 0.0176. The maximum atomic E-state index is 13.2. The van der Waals surface area contributed by atoms with Crippen LogP contribution < -0.4 is 49.1 Å². The Morgan fingerprint density at radius 3 is 1.41 bits per heavy atom. The molecule has 0 aliphatic rings. The summed E-state index contributed by atoms with van der Waals surface area (Å²) in [6, 6.07) is 10.8. The average Bonchev–Trinajstić information content (AvgIpc) is 1.63. The number of halogens is 3. The molecule has 0 saturated carbocycles. The summed E-state index contributed by atoms with van der Waals surface area (Å²) >= 11 is 12.0. The van der Waals surface area contributed by atoms with Crippen molar-refractivity contribution in [2.24, 2.45) is 39.7 Å². The summed E-state index contributed by atoms with van der Waals surface area (Å²) in [4.78, 5) is 141. The van der Waals surface area contributed by atoms with E-state index >= 15 is 0 Å². The summed E-state index contributed by atoms with van der Waals surface area (Å²) in [6.45, 7) is -0.374. The standard InChI is InChI=1S/C16H14N6O4.C15H10Cl2N6O3.C15H11FN6O3.C8H9N5O2/c1-21-7-17-14-13(15(21)24)22(8-18-14)6-12(23)20-16-19-10-4-3-9(25-2)5-11(10)26-16;1-22-4-19-13-11(15(22)25)23(5-20-13)10(12(18)24)14-21-8-2-6(16)7(17)3-9(8)26-14;1-21-6-17-13-12(14(21)24)22(7-18-13)5-11(23)20-15-19-9-3-2-8(16)4-10(9)25-15;1-12-3-10-7-6(8(12)15)13(4-11-7)2-5(9)14/h3-5,7-8H,6H2,1-2H3,(H,19,20,23);2-5,10H,1H3,(H2,18,24);2-4,6-7H,5H2,1H3,(H,19,20,23);3-4H,2H2,1H3,(H2,9,14). The van der Waals surface area contributed by atoms with Crippen LogP contribution in [0.15, 0.2) is 132 Å². The van der Waals surface area contributed by atoms with Crippen LogP contribution in [-0.4, -0.2) is 122 Å². The molecule has 11 heterocycles. The van der Waals surface area contributed by atoms with E-state index in [0.29, 0.717) is 49.7 Å². The lowest BCUT2D eigenvalue weighted by Crippen LogP contribution is -2.30. The zero-order chi connectivity index (χ0) is 65.4. The Morgan fingerprint density at radius 2 is 0.935 bits per heavy atom. The monoisotopic (exact) mass is 1300 g/mol. The Labute approximate surface area is 518 Å². The number of nitrogens with zero attached hydrogens (tertiary/aromatic N) is 19. The van der Waals surface area contributed by atoms with Gasteiger partial charge in [-0.25, -0.2) is 49.2 Å². The highest BCUT2D eigenvalue weighted by atomic mass is 35.5. The van der Waals surface area contributed by atoms with E-state index < -0.39 is 35.5 Å². The van der Waals surface area contributed by atoms with Crippen molar-refractivity contribution in [3.8, 4) is 5.75 Å². The number of primary amides is 2. The number of ether oxygens (including phenoxy) is 1. The van der Waals surface area contributed by atoms with Gasteiger partial charge in [-0.1, -0.05) is 23.2 Å². The van der Waals surface area contributed by atoms with Gasteiger partial charge in [-0.2, -0.15) is 9.97 Å². The summed E-state index contributed by atoms with van der Waals surface area (Å²) in [6.07, 6.45) is 10.9. The molecule has 1 unspecified atom stereocenters. The average molecular weight is 1300 g/mol. The third-order valence-electron chi connectivity index (χ3n) is 13.4. The first-order valence-electron chi connectivity index (χ1n) is 26.4. The lowest BCUT2D eigenvalue weighted by molar-refractivity contribution is -0.120. The number of nitrogens with two attached hydrogens (primary N) is 2. The van der Waals surface area contributed by atoms with Crippen LogP contribution in [-0.2, 0) is 67.0 Å². The van der Waals surface area contributed by atoms with Crippen LogP contribution in [0.5, 0.6) is 5.75 Å². The zero-order valence-corrected chi connectivity index (χ0v) is 49.6. The molecule has 14 rings (SSSR count). The number of anilines is 2. The van der Waals surface area contributed by atoms with Crippen LogP contribution >= 0.6 is 23.2 Å². The summed E-state index contributed by atoms with van der Waals surface area (Å²) < 4.78 is 45.4. The van der Waals surface area contributed by atoms with E-state index in [1.165, 1.54) is 125 Å². The van der Waals surface area contributed by atoms with Gasteiger partial charge in [0.25, 0.3) is 22.2 Å². The third-order valence-corrected chi connectivity index (χ3v) is 14.1. The summed E-state index contributed by atoms with van der Waals surface area (Å²) in [5, 5.41) is 5.61. The van der Waals surface area contributed by atoms with Gasteiger partial charge in [-0.05, 0) is 30.3 Å². The number of hydrogen-bond donors (Lipinski definition) is 4. The molecule has 92 heavy (non-hydrogen) atoms. The second-order valence-electron chi connectivity index (χ2n) is 19.7. The number of carbonyl (C=O) groups excluding carboxylic acids is 4. The number of fused-ring (bicyclic) bond motifs is 7. The molecule has 0 radical (unpaired) electrons. The second kappa shape index (κ2) is 25.0. The number of benzene rings is 3. The van der Waals surface area contributed by atoms with E-state index in [9.17, 15) is 42.7 Å². The van der Waals surface area contributed by atoms with Gasteiger partial charge in [0.2, 0.25) is 29.5 Å². The topological polar surface area (TPSA) is 443 Å². The molecular formula is C54H44Cl2FN23O12. The second-order valence-corrected chi connectivity index (χ2v) is 20.6. The number of oxazole rings is 3. The maximum absolute atomic E-state index is 13.2. The molecule has 4 amide bonds. The van der Waals surface area contributed by atoms with Crippen molar-refractivity contribution in [2.45, 2.75) is 25.7 Å². The number of methoxy groups -OCH3 is 1. The number of carbonyl (C=O) groups is 4.